The smallest absolute Gasteiger partial charge is 0.238 e. The van der Waals surface area contributed by atoms with E-state index in [-0.39, 0.29) is 35.5 Å². The van der Waals surface area contributed by atoms with Crippen LogP contribution >= 0.6 is 0 Å². The van der Waals surface area contributed by atoms with Gasteiger partial charge in [0.25, 0.3) is 0 Å². The maximum Gasteiger partial charge on any atom is 0.238 e. The lowest BCUT2D eigenvalue weighted by Gasteiger charge is -2.46. The fraction of sp³-hybridized carbons (Fsp3) is 0.536. The Hall–Kier alpha value is -2.38. The highest BCUT2D eigenvalue weighted by molar-refractivity contribution is 7.92. The van der Waals surface area contributed by atoms with Gasteiger partial charge in [0.2, 0.25) is 5.91 Å². The maximum absolute atomic E-state index is 13.2. The van der Waals surface area contributed by atoms with Gasteiger partial charge in [0.15, 0.2) is 9.84 Å². The zero-order chi connectivity index (χ0) is 25.4. The molecular weight excluding hydrogens is 460 g/mol. The number of aromatic hydroxyl groups is 1. The van der Waals surface area contributed by atoms with Crippen molar-refractivity contribution >= 4 is 15.7 Å². The predicted octanol–water partition coefficient (Wildman–Crippen LogP) is 3.67. The molecule has 2 aliphatic rings. The molecule has 1 fully saturated rings. The van der Waals surface area contributed by atoms with Gasteiger partial charge in [-0.2, -0.15) is 0 Å². The van der Waals surface area contributed by atoms with Gasteiger partial charge in [0.05, 0.1) is 5.75 Å². The molecule has 2 aromatic carbocycles. The molecule has 1 amide bonds. The molecule has 2 aromatic rings. The number of likely N-dealkylation sites (tertiary alicyclic amines) is 1. The number of fused-ring (bicyclic) bond motifs is 1. The molecule has 6 nitrogen and oxygen atoms in total. The first kappa shape index (κ1) is 25.7. The molecule has 0 unspecified atom stereocenters. The Kier molecular flexibility index (Phi) is 7.30. The normalized spacial score (nSPS) is 27.2. The Morgan fingerprint density at radius 1 is 1.17 bits per heavy atom. The molecule has 0 bridgehead atoms. The van der Waals surface area contributed by atoms with Crippen molar-refractivity contribution in [3.8, 4) is 5.75 Å². The number of benzene rings is 2. The first-order chi connectivity index (χ1) is 16.5. The zero-order valence-electron chi connectivity index (χ0n) is 21.2. The van der Waals surface area contributed by atoms with Crippen LogP contribution in [-0.4, -0.2) is 55.3 Å². The molecule has 0 saturated carbocycles. The van der Waals surface area contributed by atoms with Crippen molar-refractivity contribution < 1.29 is 18.3 Å². The van der Waals surface area contributed by atoms with Gasteiger partial charge < -0.3 is 15.3 Å². The third-order valence-electron chi connectivity index (χ3n) is 8.27. The second-order valence-corrected chi connectivity index (χ2v) is 13.2. The van der Waals surface area contributed by atoms with Crippen LogP contribution in [0.3, 0.4) is 0 Å². The Bertz CT molecular complexity index is 1180. The van der Waals surface area contributed by atoms with Crippen LogP contribution in [0.1, 0.15) is 50.8 Å². The molecule has 0 radical (unpaired) electrons. The second kappa shape index (κ2) is 9.94. The lowest BCUT2D eigenvalue weighted by molar-refractivity contribution is -0.122. The van der Waals surface area contributed by atoms with E-state index in [2.05, 4.69) is 44.0 Å². The van der Waals surface area contributed by atoms with Crippen molar-refractivity contribution in [2.75, 3.05) is 19.6 Å². The summed E-state index contributed by atoms with van der Waals surface area (Å²) in [6.07, 6.45) is 1.18. The van der Waals surface area contributed by atoms with E-state index < -0.39 is 15.1 Å². The summed E-state index contributed by atoms with van der Waals surface area (Å²) in [5, 5.41) is 12.0. The van der Waals surface area contributed by atoms with E-state index in [0.29, 0.717) is 18.2 Å². The third-order valence-corrected chi connectivity index (χ3v) is 10.2. The van der Waals surface area contributed by atoms with Gasteiger partial charge in [-0.3, -0.25) is 4.79 Å². The number of rotatable bonds is 6. The molecular formula is C28H38N2O4S. The maximum atomic E-state index is 13.2. The standard InChI is InChI=1S/C28H38N2O4S/c1-19(2)25(29-27(32)26-14-21-8-5-6-9-22(21)18-35(26,33)34)17-30-13-12-28(4,20(3)16-30)23-10-7-11-24(31)15-23/h5-11,15,19-20,25-26,31H,12-14,16-18H2,1-4H3,(H,29,32)/t20-,25+,26+,28+/m0/s1. The van der Waals surface area contributed by atoms with Crippen LogP contribution < -0.4 is 5.32 Å². The van der Waals surface area contributed by atoms with Crippen LogP contribution in [0, 0.1) is 11.8 Å². The summed E-state index contributed by atoms with van der Waals surface area (Å²) in [5.74, 6) is 0.364. The van der Waals surface area contributed by atoms with Crippen LogP contribution in [0.2, 0.25) is 0 Å². The van der Waals surface area contributed by atoms with E-state index in [0.717, 1.165) is 36.2 Å². The molecule has 2 N–H and O–H groups in total. The number of sulfone groups is 1. The molecule has 7 heteroatoms. The number of nitrogens with one attached hydrogen (secondary N) is 1. The largest absolute Gasteiger partial charge is 0.508 e. The number of carbonyl (C=O) groups excluding carboxylic acids is 1. The van der Waals surface area contributed by atoms with Crippen molar-refractivity contribution in [3.05, 3.63) is 65.2 Å². The van der Waals surface area contributed by atoms with E-state index in [9.17, 15) is 18.3 Å². The quantitative estimate of drug-likeness (QED) is 0.635. The number of carbonyl (C=O) groups is 1. The minimum Gasteiger partial charge on any atom is -0.508 e. The van der Waals surface area contributed by atoms with Crippen molar-refractivity contribution in [2.24, 2.45) is 11.8 Å². The first-order valence-electron chi connectivity index (χ1n) is 12.6. The average molecular weight is 499 g/mol. The zero-order valence-corrected chi connectivity index (χ0v) is 22.0. The number of phenolic OH excluding ortho intramolecular Hbond substituents is 1. The van der Waals surface area contributed by atoms with Gasteiger partial charge in [0.1, 0.15) is 11.0 Å². The summed E-state index contributed by atoms with van der Waals surface area (Å²) in [6, 6.07) is 14.9. The summed E-state index contributed by atoms with van der Waals surface area (Å²) in [5.41, 5.74) is 2.87. The van der Waals surface area contributed by atoms with Gasteiger partial charge in [-0.25, -0.2) is 8.42 Å². The van der Waals surface area contributed by atoms with E-state index >= 15 is 0 Å². The lowest BCUT2D eigenvalue weighted by atomic mass is 9.68. The summed E-state index contributed by atoms with van der Waals surface area (Å²) in [7, 11) is -3.55. The lowest BCUT2D eigenvalue weighted by Crippen LogP contribution is -2.55. The van der Waals surface area contributed by atoms with Crippen LogP contribution in [0.5, 0.6) is 5.75 Å². The fourth-order valence-corrected chi connectivity index (χ4v) is 7.29. The van der Waals surface area contributed by atoms with Gasteiger partial charge >= 0.3 is 0 Å². The Morgan fingerprint density at radius 2 is 1.89 bits per heavy atom. The highest BCUT2D eigenvalue weighted by Gasteiger charge is 2.41. The Morgan fingerprint density at radius 3 is 2.54 bits per heavy atom. The summed E-state index contributed by atoms with van der Waals surface area (Å²) < 4.78 is 25.8. The molecule has 190 valence electrons. The van der Waals surface area contributed by atoms with E-state index in [1.807, 2.05) is 36.4 Å². The first-order valence-corrected chi connectivity index (χ1v) is 14.3. The number of hydrogen-bond donors (Lipinski definition) is 2. The fourth-order valence-electron chi connectivity index (χ4n) is 5.55. The van der Waals surface area contributed by atoms with E-state index in [1.165, 1.54) is 0 Å². The topological polar surface area (TPSA) is 86.7 Å². The molecule has 4 rings (SSSR count). The molecule has 2 aliphatic heterocycles. The summed E-state index contributed by atoms with van der Waals surface area (Å²) in [6.45, 7) is 11.1. The average Bonchev–Trinajstić information content (AvgIpc) is 2.79. The van der Waals surface area contributed by atoms with Crippen molar-refractivity contribution in [2.45, 2.75) is 63.0 Å². The minimum atomic E-state index is -3.55. The van der Waals surface area contributed by atoms with Gasteiger partial charge in [-0.15, -0.1) is 0 Å². The molecule has 4 atom stereocenters. The van der Waals surface area contributed by atoms with Gasteiger partial charge in [0, 0.05) is 19.1 Å². The number of amides is 1. The monoisotopic (exact) mass is 498 g/mol. The van der Waals surface area contributed by atoms with Crippen molar-refractivity contribution in [1.82, 2.24) is 10.2 Å². The third kappa shape index (κ3) is 5.41. The number of piperidine rings is 1. The second-order valence-electron chi connectivity index (χ2n) is 11.0. The van der Waals surface area contributed by atoms with Crippen molar-refractivity contribution in [3.63, 3.8) is 0 Å². The van der Waals surface area contributed by atoms with Crippen LogP contribution in [0.25, 0.3) is 0 Å². The van der Waals surface area contributed by atoms with Crippen LogP contribution in [-0.2, 0) is 32.2 Å². The van der Waals surface area contributed by atoms with Crippen molar-refractivity contribution in [1.29, 1.82) is 0 Å². The summed E-state index contributed by atoms with van der Waals surface area (Å²) >= 11 is 0. The Labute approximate surface area is 209 Å². The summed E-state index contributed by atoms with van der Waals surface area (Å²) in [4.78, 5) is 15.6. The predicted molar refractivity (Wildman–Crippen MR) is 139 cm³/mol. The molecule has 2 heterocycles. The molecule has 0 aliphatic carbocycles. The molecule has 35 heavy (non-hydrogen) atoms. The molecule has 0 aromatic heterocycles. The minimum absolute atomic E-state index is 0.0324. The van der Waals surface area contributed by atoms with Crippen LogP contribution in [0.4, 0.5) is 0 Å². The SMILES string of the molecule is CC(C)[C@@H](CN1CC[C@@](C)(c2cccc(O)c2)[C@@H](C)C1)NC(=O)[C@H]1Cc2ccccc2CS1(=O)=O. The Balaban J connectivity index is 1.43. The highest BCUT2D eigenvalue weighted by Crippen LogP contribution is 2.40. The van der Waals surface area contributed by atoms with E-state index in [4.69, 9.17) is 0 Å². The highest BCUT2D eigenvalue weighted by atomic mass is 32.2. The number of nitrogens with zero attached hydrogens (tertiary/aromatic N) is 1. The number of phenols is 1. The van der Waals surface area contributed by atoms with E-state index in [1.54, 1.807) is 6.07 Å². The van der Waals surface area contributed by atoms with Gasteiger partial charge in [-0.05, 0) is 65.5 Å². The molecule has 1 saturated heterocycles. The van der Waals surface area contributed by atoms with Gasteiger partial charge in [-0.1, -0.05) is 64.1 Å². The van der Waals surface area contributed by atoms with Crippen LogP contribution in [0.15, 0.2) is 48.5 Å². The number of hydrogen-bond acceptors (Lipinski definition) is 5. The molecule has 0 spiro atoms.